The molecular weight excluding hydrogens is 380 g/mol. The van der Waals surface area contributed by atoms with Crippen molar-refractivity contribution in [2.75, 3.05) is 6.54 Å². The van der Waals surface area contributed by atoms with Crippen molar-refractivity contribution >= 4 is 6.09 Å². The van der Waals surface area contributed by atoms with Gasteiger partial charge in [-0.2, -0.15) is 0 Å². The number of unbranched alkanes of at least 4 members (excludes halogenated alkanes) is 3. The molecule has 0 saturated heterocycles. The van der Waals surface area contributed by atoms with Gasteiger partial charge < -0.3 is 9.64 Å². The Morgan fingerprint density at radius 1 is 1.23 bits per heavy atom. The minimum absolute atomic E-state index is 0.0459. The van der Waals surface area contributed by atoms with Crippen LogP contribution < -0.4 is 0 Å². The van der Waals surface area contributed by atoms with Gasteiger partial charge in [-0.1, -0.05) is 56.9 Å². The predicted octanol–water partition coefficient (Wildman–Crippen LogP) is 5.67. The molecule has 0 aromatic heterocycles. The van der Waals surface area contributed by atoms with E-state index < -0.39 is 5.54 Å². The molecule has 1 aromatic rings. The fraction of sp³-hybridized carbons (Fsp3) is 0.708. The van der Waals surface area contributed by atoms with Crippen LogP contribution in [0.3, 0.4) is 0 Å². The maximum absolute atomic E-state index is 13.3. The van der Waals surface area contributed by atoms with Crippen LogP contribution >= 0.6 is 0 Å². The fourth-order valence-corrected chi connectivity index (χ4v) is 5.83. The van der Waals surface area contributed by atoms with E-state index in [1.54, 1.807) is 0 Å². The molecule has 2 unspecified atom stereocenters. The van der Waals surface area contributed by atoms with Gasteiger partial charge in [0, 0.05) is 24.3 Å². The van der Waals surface area contributed by atoms with Crippen LogP contribution in [0.4, 0.5) is 4.79 Å². The second kappa shape index (κ2) is 8.94. The molecule has 6 nitrogen and oxygen atoms in total. The van der Waals surface area contributed by atoms with Crippen LogP contribution in [-0.4, -0.2) is 34.1 Å². The van der Waals surface area contributed by atoms with Crippen LogP contribution in [0.1, 0.15) is 88.3 Å². The molecule has 3 saturated carbocycles. The Morgan fingerprint density at radius 3 is 2.73 bits per heavy atom. The van der Waals surface area contributed by atoms with Gasteiger partial charge in [0.2, 0.25) is 5.54 Å². The maximum Gasteiger partial charge on any atom is 0.410 e. The molecule has 0 spiro atoms. The van der Waals surface area contributed by atoms with Crippen molar-refractivity contribution in [2.45, 2.75) is 95.2 Å². The van der Waals surface area contributed by atoms with Crippen LogP contribution in [0.25, 0.3) is 0 Å². The second-order valence-corrected chi connectivity index (χ2v) is 9.45. The molecule has 1 aromatic carbocycles. The lowest BCUT2D eigenvalue weighted by Crippen LogP contribution is -2.54. The fourth-order valence-electron chi connectivity index (χ4n) is 5.83. The number of fused-ring (bicyclic) bond motifs is 4. The Hall–Kier alpha value is -2.11. The number of amides is 1. The zero-order valence-corrected chi connectivity index (χ0v) is 18.1. The van der Waals surface area contributed by atoms with Crippen LogP contribution in [0.2, 0.25) is 0 Å². The maximum atomic E-state index is 13.3. The van der Waals surface area contributed by atoms with Gasteiger partial charge in [-0.25, -0.2) is 4.79 Å². The SMILES string of the molecule is CCCCCCC1c2ccccc2CCN1C(=O)OC1CC2([N+](=O)[O-])CCC1CC2. The summed E-state index contributed by atoms with van der Waals surface area (Å²) in [6.45, 7) is 2.86. The standard InChI is InChI=1S/C24H34N2O4/c1-2-3-4-5-10-21-20-9-7-6-8-18(20)13-16-25(21)23(27)30-22-17-24(26(28)29)14-11-19(22)12-15-24/h6-9,19,21-22H,2-5,10-17H2,1H3. The summed E-state index contributed by atoms with van der Waals surface area (Å²) in [4.78, 5) is 26.7. The van der Waals surface area contributed by atoms with Gasteiger partial charge in [0.1, 0.15) is 6.10 Å². The summed E-state index contributed by atoms with van der Waals surface area (Å²) in [6.07, 6.45) is 9.06. The molecule has 3 fully saturated rings. The van der Waals surface area contributed by atoms with Crippen molar-refractivity contribution in [1.82, 2.24) is 4.90 Å². The van der Waals surface area contributed by atoms with Crippen molar-refractivity contribution < 1.29 is 14.5 Å². The van der Waals surface area contributed by atoms with E-state index in [1.165, 1.54) is 30.4 Å². The van der Waals surface area contributed by atoms with Crippen LogP contribution in [0.15, 0.2) is 24.3 Å². The van der Waals surface area contributed by atoms with Crippen molar-refractivity contribution in [1.29, 1.82) is 0 Å². The lowest BCUT2D eigenvalue weighted by atomic mass is 9.64. The molecule has 164 valence electrons. The number of carbonyl (C=O) groups is 1. The molecule has 0 radical (unpaired) electrons. The van der Waals surface area contributed by atoms with Gasteiger partial charge >= 0.3 is 6.09 Å². The van der Waals surface area contributed by atoms with E-state index in [0.717, 1.165) is 32.1 Å². The Kier molecular flexibility index (Phi) is 6.30. The zero-order chi connectivity index (χ0) is 21.1. The van der Waals surface area contributed by atoms with E-state index in [9.17, 15) is 14.9 Å². The number of hydrogen-bond acceptors (Lipinski definition) is 4. The Bertz CT molecular complexity index is 772. The van der Waals surface area contributed by atoms with Gasteiger partial charge in [-0.15, -0.1) is 0 Å². The van der Waals surface area contributed by atoms with E-state index in [-0.39, 0.29) is 29.1 Å². The highest BCUT2D eigenvalue weighted by atomic mass is 16.6. The third-order valence-corrected chi connectivity index (χ3v) is 7.69. The molecule has 1 amide bonds. The predicted molar refractivity (Wildman–Crippen MR) is 115 cm³/mol. The zero-order valence-electron chi connectivity index (χ0n) is 18.1. The number of hydrogen-bond donors (Lipinski definition) is 0. The molecule has 2 bridgehead atoms. The number of benzene rings is 1. The summed E-state index contributed by atoms with van der Waals surface area (Å²) in [5, 5.41) is 11.7. The highest BCUT2D eigenvalue weighted by molar-refractivity contribution is 5.69. The highest BCUT2D eigenvalue weighted by Crippen LogP contribution is 2.47. The molecule has 1 aliphatic heterocycles. The monoisotopic (exact) mass is 414 g/mol. The lowest BCUT2D eigenvalue weighted by Gasteiger charge is -2.45. The van der Waals surface area contributed by atoms with Gasteiger partial charge in [0.25, 0.3) is 0 Å². The van der Waals surface area contributed by atoms with Gasteiger partial charge in [-0.05, 0) is 42.7 Å². The number of nitro groups is 1. The van der Waals surface area contributed by atoms with Crippen molar-refractivity contribution in [3.8, 4) is 0 Å². The molecular formula is C24H34N2O4. The lowest BCUT2D eigenvalue weighted by molar-refractivity contribution is -0.584. The first kappa shape index (κ1) is 21.1. The van der Waals surface area contributed by atoms with Gasteiger partial charge in [0.15, 0.2) is 0 Å². The molecule has 30 heavy (non-hydrogen) atoms. The summed E-state index contributed by atoms with van der Waals surface area (Å²) >= 11 is 0. The Labute approximate surface area is 179 Å². The van der Waals surface area contributed by atoms with Gasteiger partial charge in [0.05, 0.1) is 12.5 Å². The van der Waals surface area contributed by atoms with Gasteiger partial charge in [-0.3, -0.25) is 10.1 Å². The van der Waals surface area contributed by atoms with Crippen LogP contribution in [-0.2, 0) is 11.2 Å². The molecule has 3 aliphatic carbocycles. The number of carbonyl (C=O) groups excluding carboxylic acids is 1. The molecule has 4 aliphatic rings. The van der Waals surface area contributed by atoms with E-state index >= 15 is 0 Å². The second-order valence-electron chi connectivity index (χ2n) is 9.45. The van der Waals surface area contributed by atoms with Crippen molar-refractivity contribution in [3.63, 3.8) is 0 Å². The topological polar surface area (TPSA) is 72.7 Å². The van der Waals surface area contributed by atoms with Crippen molar-refractivity contribution in [3.05, 3.63) is 45.5 Å². The normalized spacial score (nSPS) is 30.0. The molecule has 2 atom stereocenters. The van der Waals surface area contributed by atoms with E-state index in [1.807, 2.05) is 11.0 Å². The number of rotatable bonds is 7. The largest absolute Gasteiger partial charge is 0.446 e. The number of nitrogens with zero attached hydrogens (tertiary/aromatic N) is 2. The summed E-state index contributed by atoms with van der Waals surface area (Å²) < 4.78 is 6.00. The van der Waals surface area contributed by atoms with E-state index in [2.05, 4.69) is 25.1 Å². The molecule has 6 heteroatoms. The molecule has 0 N–H and O–H groups in total. The first-order valence-corrected chi connectivity index (χ1v) is 11.7. The third kappa shape index (κ3) is 4.06. The average molecular weight is 415 g/mol. The molecule has 1 heterocycles. The van der Waals surface area contributed by atoms with Crippen molar-refractivity contribution in [2.24, 2.45) is 5.92 Å². The van der Waals surface area contributed by atoms with Crippen LogP contribution in [0, 0.1) is 16.0 Å². The minimum Gasteiger partial charge on any atom is -0.446 e. The first-order chi connectivity index (χ1) is 14.5. The number of ether oxygens (including phenoxy) is 1. The molecule has 5 rings (SSSR count). The summed E-state index contributed by atoms with van der Waals surface area (Å²) in [5.41, 5.74) is 1.68. The van der Waals surface area contributed by atoms with E-state index in [4.69, 9.17) is 4.74 Å². The summed E-state index contributed by atoms with van der Waals surface area (Å²) in [5.74, 6) is 0.274. The smallest absolute Gasteiger partial charge is 0.410 e. The third-order valence-electron chi connectivity index (χ3n) is 7.69. The minimum atomic E-state index is -0.881. The Morgan fingerprint density at radius 2 is 2.00 bits per heavy atom. The first-order valence-electron chi connectivity index (χ1n) is 11.7. The summed E-state index contributed by atoms with van der Waals surface area (Å²) in [7, 11) is 0. The summed E-state index contributed by atoms with van der Waals surface area (Å²) in [6, 6.07) is 8.47. The Balaban J connectivity index is 1.47. The quantitative estimate of drug-likeness (QED) is 0.327. The van der Waals surface area contributed by atoms with Crippen LogP contribution in [0.5, 0.6) is 0 Å². The average Bonchev–Trinajstić information content (AvgIpc) is 2.77. The van der Waals surface area contributed by atoms with E-state index in [0.29, 0.717) is 25.8 Å². The highest BCUT2D eigenvalue weighted by Gasteiger charge is 2.55.